The monoisotopic (exact) mass is 431 g/mol. The number of halogens is 1. The minimum absolute atomic E-state index is 0.0676. The molecule has 0 aliphatic carbocycles. The molecule has 8 heteroatoms. The molecule has 0 bridgehead atoms. The van der Waals surface area contributed by atoms with Crippen LogP contribution in [-0.4, -0.2) is 36.4 Å². The molecule has 6 nitrogen and oxygen atoms in total. The van der Waals surface area contributed by atoms with Gasteiger partial charge in [-0.3, -0.25) is 9.48 Å². The highest BCUT2D eigenvalue weighted by molar-refractivity contribution is 7.93. The van der Waals surface area contributed by atoms with E-state index in [1.807, 2.05) is 41.9 Å². The van der Waals surface area contributed by atoms with Crippen molar-refractivity contribution in [2.24, 2.45) is 0 Å². The number of amides is 1. The zero-order chi connectivity index (χ0) is 21.2. The molecule has 1 N–H and O–H groups in total. The van der Waals surface area contributed by atoms with Crippen LogP contribution in [0, 0.1) is 0 Å². The van der Waals surface area contributed by atoms with Gasteiger partial charge in [-0.05, 0) is 43.7 Å². The lowest BCUT2D eigenvalue weighted by Gasteiger charge is -2.15. The van der Waals surface area contributed by atoms with Gasteiger partial charge in [0.2, 0.25) is 0 Å². The molecule has 0 spiro atoms. The highest BCUT2D eigenvalue weighted by Gasteiger charge is 2.16. The lowest BCUT2D eigenvalue weighted by Crippen LogP contribution is -2.31. The maximum Gasteiger partial charge on any atom is 0.251 e. The Labute approximate surface area is 175 Å². The second-order valence-corrected chi connectivity index (χ2v) is 9.32. The van der Waals surface area contributed by atoms with Crippen LogP contribution in [-0.2, 0) is 9.84 Å². The second-order valence-electron chi connectivity index (χ2n) is 6.98. The van der Waals surface area contributed by atoms with E-state index in [1.165, 1.54) is 6.08 Å². The average molecular weight is 432 g/mol. The van der Waals surface area contributed by atoms with Crippen molar-refractivity contribution in [3.8, 4) is 0 Å². The van der Waals surface area contributed by atoms with Gasteiger partial charge in [0.15, 0.2) is 9.84 Å². The lowest BCUT2D eigenvalue weighted by atomic mass is 10.1. The molecule has 0 radical (unpaired) electrons. The second kappa shape index (κ2) is 8.39. The van der Waals surface area contributed by atoms with E-state index in [-0.39, 0.29) is 11.9 Å². The van der Waals surface area contributed by atoms with Crippen LogP contribution in [0.4, 0.5) is 0 Å². The van der Waals surface area contributed by atoms with Crippen molar-refractivity contribution < 1.29 is 13.2 Å². The van der Waals surface area contributed by atoms with E-state index in [9.17, 15) is 13.2 Å². The fourth-order valence-electron chi connectivity index (χ4n) is 3.05. The van der Waals surface area contributed by atoms with Gasteiger partial charge in [0.1, 0.15) is 0 Å². The van der Waals surface area contributed by atoms with E-state index in [0.29, 0.717) is 10.6 Å². The number of sulfone groups is 1. The highest BCUT2D eigenvalue weighted by atomic mass is 35.5. The molecule has 3 aromatic rings. The number of benzene rings is 2. The van der Waals surface area contributed by atoms with E-state index in [0.717, 1.165) is 28.1 Å². The van der Waals surface area contributed by atoms with Crippen LogP contribution >= 0.6 is 11.6 Å². The predicted octanol–water partition coefficient (Wildman–Crippen LogP) is 3.98. The van der Waals surface area contributed by atoms with Gasteiger partial charge in [-0.2, -0.15) is 5.10 Å². The Morgan fingerprint density at radius 3 is 2.62 bits per heavy atom. The number of fused-ring (bicyclic) bond motifs is 1. The Bertz CT molecular complexity index is 1180. The summed E-state index contributed by atoms with van der Waals surface area (Å²) in [7, 11) is -3.23. The summed E-state index contributed by atoms with van der Waals surface area (Å²) in [6.07, 6.45) is 4.26. The maximum atomic E-state index is 12.5. The van der Waals surface area contributed by atoms with Gasteiger partial charge in [-0.1, -0.05) is 35.9 Å². The molecule has 0 aliphatic heterocycles. The van der Waals surface area contributed by atoms with Crippen molar-refractivity contribution in [3.05, 3.63) is 76.3 Å². The van der Waals surface area contributed by atoms with Crippen molar-refractivity contribution in [2.75, 3.05) is 6.26 Å². The summed E-state index contributed by atoms with van der Waals surface area (Å²) >= 11 is 6.32. The summed E-state index contributed by atoms with van der Waals surface area (Å²) in [5.41, 5.74) is 2.33. The van der Waals surface area contributed by atoms with Crippen LogP contribution < -0.4 is 5.32 Å². The first-order chi connectivity index (χ1) is 13.7. The molecular formula is C21H22ClN3O3S. The van der Waals surface area contributed by atoms with Gasteiger partial charge < -0.3 is 5.32 Å². The first-order valence-corrected chi connectivity index (χ1v) is 11.4. The number of carbonyl (C=O) groups excluding carboxylic acids is 1. The molecule has 1 amide bonds. The Morgan fingerprint density at radius 2 is 1.93 bits per heavy atom. The number of hydrogen-bond acceptors (Lipinski definition) is 4. The molecule has 152 valence electrons. The molecule has 0 aliphatic rings. The average Bonchev–Trinajstić information content (AvgIpc) is 3.09. The van der Waals surface area contributed by atoms with Crippen LogP contribution in [0.3, 0.4) is 0 Å². The Balaban J connectivity index is 1.82. The Morgan fingerprint density at radius 1 is 1.21 bits per heavy atom. The van der Waals surface area contributed by atoms with Crippen molar-refractivity contribution in [3.63, 3.8) is 0 Å². The molecule has 1 aromatic heterocycles. The first-order valence-electron chi connectivity index (χ1n) is 9.06. The van der Waals surface area contributed by atoms with Crippen molar-refractivity contribution in [2.45, 2.75) is 25.9 Å². The van der Waals surface area contributed by atoms with Gasteiger partial charge >= 0.3 is 0 Å². The normalized spacial score (nSPS) is 14.2. The molecule has 2 atom stereocenters. The number of hydrogen-bond donors (Lipinski definition) is 1. The fraction of sp³-hybridized carbons (Fsp3) is 0.238. The van der Waals surface area contributed by atoms with E-state index in [2.05, 4.69) is 10.4 Å². The third kappa shape index (κ3) is 5.05. The summed E-state index contributed by atoms with van der Waals surface area (Å²) in [5.74, 6) is -0.288. The summed E-state index contributed by atoms with van der Waals surface area (Å²) in [6.45, 7) is 3.73. The molecule has 0 unspecified atom stereocenters. The molecule has 3 rings (SSSR count). The number of carbonyl (C=O) groups is 1. The minimum atomic E-state index is -3.23. The number of aromatic nitrogens is 2. The van der Waals surface area contributed by atoms with Gasteiger partial charge in [0, 0.05) is 33.7 Å². The van der Waals surface area contributed by atoms with Crippen LogP contribution in [0.15, 0.2) is 60.1 Å². The SMILES string of the molecule is C[C@H](/C=C/S(C)(=O)=O)NC(=O)c1ccc2c(cnn2[C@H](C)c2ccccc2Cl)c1. The third-order valence-corrected chi connectivity index (χ3v) is 5.55. The van der Waals surface area contributed by atoms with Crippen LogP contribution in [0.2, 0.25) is 5.02 Å². The number of nitrogens with one attached hydrogen (secondary N) is 1. The van der Waals surface area contributed by atoms with Gasteiger partial charge in [-0.25, -0.2) is 8.42 Å². The largest absolute Gasteiger partial charge is 0.346 e. The molecular weight excluding hydrogens is 410 g/mol. The van der Waals surface area contributed by atoms with E-state index in [4.69, 9.17) is 11.6 Å². The summed E-state index contributed by atoms with van der Waals surface area (Å²) in [4.78, 5) is 12.5. The first kappa shape index (κ1) is 21.1. The van der Waals surface area contributed by atoms with Gasteiger partial charge in [0.25, 0.3) is 5.91 Å². The molecule has 0 saturated heterocycles. The fourth-order valence-corrected chi connectivity index (χ4v) is 3.86. The van der Waals surface area contributed by atoms with Crippen molar-refractivity contribution >= 4 is 38.2 Å². The molecule has 2 aromatic carbocycles. The summed E-state index contributed by atoms with van der Waals surface area (Å²) < 4.78 is 24.3. The third-order valence-electron chi connectivity index (χ3n) is 4.55. The topological polar surface area (TPSA) is 81.1 Å². The quantitative estimate of drug-likeness (QED) is 0.640. The minimum Gasteiger partial charge on any atom is -0.346 e. The predicted molar refractivity (Wildman–Crippen MR) is 116 cm³/mol. The molecule has 0 fully saturated rings. The van der Waals surface area contributed by atoms with Crippen molar-refractivity contribution in [1.29, 1.82) is 0 Å². The highest BCUT2D eigenvalue weighted by Crippen LogP contribution is 2.28. The Kier molecular flexibility index (Phi) is 6.10. The van der Waals surface area contributed by atoms with E-state index in [1.54, 1.807) is 25.3 Å². The van der Waals surface area contributed by atoms with Crippen LogP contribution in [0.5, 0.6) is 0 Å². The summed E-state index contributed by atoms with van der Waals surface area (Å²) in [5, 5.41) is 9.83. The standard InChI is InChI=1S/C21H22ClN3O3S/c1-14(10-11-29(3,27)28)24-21(26)16-8-9-20-17(12-16)13-23-25(20)15(2)18-6-4-5-7-19(18)22/h4-15H,1-3H3,(H,24,26)/b11-10+/t14-,15-/m1/s1. The Hall–Kier alpha value is -2.64. The van der Waals surface area contributed by atoms with Crippen LogP contribution in [0.1, 0.15) is 35.8 Å². The number of nitrogens with zero attached hydrogens (tertiary/aromatic N) is 2. The maximum absolute atomic E-state index is 12.5. The van der Waals surface area contributed by atoms with Crippen molar-refractivity contribution in [1.82, 2.24) is 15.1 Å². The summed E-state index contributed by atoms with van der Waals surface area (Å²) in [6, 6.07) is 12.5. The smallest absolute Gasteiger partial charge is 0.251 e. The lowest BCUT2D eigenvalue weighted by molar-refractivity contribution is 0.0947. The van der Waals surface area contributed by atoms with Crippen LogP contribution in [0.25, 0.3) is 10.9 Å². The zero-order valence-electron chi connectivity index (χ0n) is 16.3. The molecule has 29 heavy (non-hydrogen) atoms. The number of rotatable bonds is 6. The molecule has 0 saturated carbocycles. The van der Waals surface area contributed by atoms with E-state index >= 15 is 0 Å². The van der Waals surface area contributed by atoms with E-state index < -0.39 is 15.9 Å². The van der Waals surface area contributed by atoms with Gasteiger partial charge in [-0.15, -0.1) is 0 Å². The van der Waals surface area contributed by atoms with Gasteiger partial charge in [0.05, 0.1) is 17.8 Å². The molecule has 1 heterocycles. The zero-order valence-corrected chi connectivity index (χ0v) is 17.9.